The van der Waals surface area contributed by atoms with Gasteiger partial charge in [-0.15, -0.1) is 0 Å². The fraction of sp³-hybridized carbons (Fsp3) is 0.500. The van der Waals surface area contributed by atoms with Gasteiger partial charge in [0.1, 0.15) is 0 Å². The average Bonchev–Trinajstić information content (AvgIpc) is 2.89. The number of nitrogens with two attached hydrogens (primary N) is 1. The van der Waals surface area contributed by atoms with Gasteiger partial charge >= 0.3 is 0 Å². The van der Waals surface area contributed by atoms with Gasteiger partial charge in [-0.05, 0) is 38.3 Å². The monoisotopic (exact) mass is 243 g/mol. The van der Waals surface area contributed by atoms with Crippen molar-refractivity contribution in [3.63, 3.8) is 0 Å². The lowest BCUT2D eigenvalue weighted by atomic mass is 9.79. The predicted octanol–water partition coefficient (Wildman–Crippen LogP) is 3.76. The van der Waals surface area contributed by atoms with Crippen LogP contribution in [-0.2, 0) is 5.41 Å². The highest BCUT2D eigenvalue weighted by molar-refractivity contribution is 6.42. The van der Waals surface area contributed by atoms with Gasteiger partial charge in [0, 0.05) is 11.0 Å². The molecule has 0 unspecified atom stereocenters. The first-order chi connectivity index (χ1) is 6.88. The summed E-state index contributed by atoms with van der Waals surface area (Å²) in [6.07, 6.45) is 2.19. The minimum atomic E-state index is -0.249. The van der Waals surface area contributed by atoms with Crippen molar-refractivity contribution >= 4 is 23.2 Å². The molecular formula is C12H15Cl2N. The summed E-state index contributed by atoms with van der Waals surface area (Å²) in [5.74, 6) is 0. The number of halogens is 2. The molecule has 1 aliphatic rings. The SMILES string of the molecule is CC(C)(N)C1(c2cccc(Cl)c2Cl)CC1. The van der Waals surface area contributed by atoms with E-state index in [1.165, 1.54) is 0 Å². The number of hydrogen-bond acceptors (Lipinski definition) is 1. The molecule has 0 bridgehead atoms. The molecule has 0 saturated heterocycles. The average molecular weight is 244 g/mol. The molecule has 2 rings (SSSR count). The highest BCUT2D eigenvalue weighted by Gasteiger charge is 2.54. The van der Waals surface area contributed by atoms with Gasteiger partial charge in [-0.3, -0.25) is 0 Å². The van der Waals surface area contributed by atoms with Crippen molar-refractivity contribution in [2.45, 2.75) is 37.6 Å². The molecule has 1 aliphatic carbocycles. The summed E-state index contributed by atoms with van der Waals surface area (Å²) in [6, 6.07) is 5.79. The van der Waals surface area contributed by atoms with E-state index in [1.54, 1.807) is 0 Å². The summed E-state index contributed by atoms with van der Waals surface area (Å²) in [4.78, 5) is 0. The first-order valence-corrected chi connectivity index (χ1v) is 5.87. The van der Waals surface area contributed by atoms with Gasteiger partial charge in [0.15, 0.2) is 0 Å². The van der Waals surface area contributed by atoms with Crippen molar-refractivity contribution in [3.8, 4) is 0 Å². The molecule has 1 aromatic rings. The lowest BCUT2D eigenvalue weighted by Gasteiger charge is -2.32. The van der Waals surface area contributed by atoms with Crippen molar-refractivity contribution in [2.24, 2.45) is 5.73 Å². The summed E-state index contributed by atoms with van der Waals surface area (Å²) in [7, 11) is 0. The Kier molecular flexibility index (Phi) is 2.53. The van der Waals surface area contributed by atoms with Crippen LogP contribution in [0.3, 0.4) is 0 Å². The molecule has 0 heterocycles. The van der Waals surface area contributed by atoms with Gasteiger partial charge < -0.3 is 5.73 Å². The Bertz CT molecular complexity index is 389. The normalized spacial score (nSPS) is 19.0. The van der Waals surface area contributed by atoms with E-state index < -0.39 is 0 Å². The maximum absolute atomic E-state index is 6.24. The number of hydrogen-bond donors (Lipinski definition) is 1. The molecule has 0 aliphatic heterocycles. The van der Waals surface area contributed by atoms with E-state index in [0.29, 0.717) is 10.0 Å². The topological polar surface area (TPSA) is 26.0 Å². The Morgan fingerprint density at radius 3 is 2.33 bits per heavy atom. The van der Waals surface area contributed by atoms with Crippen LogP contribution in [0.25, 0.3) is 0 Å². The van der Waals surface area contributed by atoms with E-state index in [-0.39, 0.29) is 11.0 Å². The quantitative estimate of drug-likeness (QED) is 0.842. The maximum Gasteiger partial charge on any atom is 0.0630 e. The predicted molar refractivity (Wildman–Crippen MR) is 65.6 cm³/mol. The number of benzene rings is 1. The fourth-order valence-electron chi connectivity index (χ4n) is 2.26. The lowest BCUT2D eigenvalue weighted by molar-refractivity contribution is 0.392. The van der Waals surface area contributed by atoms with Crippen LogP contribution in [0.1, 0.15) is 32.3 Å². The minimum absolute atomic E-state index is 0.0228. The Labute approximate surface area is 101 Å². The zero-order chi connectivity index (χ0) is 11.3. The maximum atomic E-state index is 6.24. The van der Waals surface area contributed by atoms with E-state index in [2.05, 4.69) is 13.8 Å². The third kappa shape index (κ3) is 1.67. The molecule has 1 aromatic carbocycles. The standard InChI is InChI=1S/C12H15Cl2N/c1-11(2,15)12(6-7-12)8-4-3-5-9(13)10(8)14/h3-5H,6-7,15H2,1-2H3. The van der Waals surface area contributed by atoms with Crippen LogP contribution in [0.15, 0.2) is 18.2 Å². The molecule has 0 aromatic heterocycles. The second-order valence-electron chi connectivity index (χ2n) is 4.91. The Morgan fingerprint density at radius 1 is 1.27 bits per heavy atom. The van der Waals surface area contributed by atoms with E-state index in [0.717, 1.165) is 18.4 Å². The van der Waals surface area contributed by atoms with Gasteiger partial charge in [-0.1, -0.05) is 35.3 Å². The van der Waals surface area contributed by atoms with Gasteiger partial charge in [0.05, 0.1) is 10.0 Å². The van der Waals surface area contributed by atoms with Crippen molar-refractivity contribution in [2.75, 3.05) is 0 Å². The number of rotatable bonds is 2. The van der Waals surface area contributed by atoms with E-state index in [1.807, 2.05) is 18.2 Å². The molecule has 0 radical (unpaired) electrons. The van der Waals surface area contributed by atoms with Gasteiger partial charge in [-0.2, -0.15) is 0 Å². The molecule has 82 valence electrons. The summed E-state index contributed by atoms with van der Waals surface area (Å²) in [5, 5.41) is 1.28. The van der Waals surface area contributed by atoms with E-state index in [9.17, 15) is 0 Å². The van der Waals surface area contributed by atoms with Crippen molar-refractivity contribution < 1.29 is 0 Å². The van der Waals surface area contributed by atoms with Crippen LogP contribution >= 0.6 is 23.2 Å². The minimum Gasteiger partial charge on any atom is -0.325 e. The molecule has 0 amide bonds. The van der Waals surface area contributed by atoms with Crippen LogP contribution in [0.2, 0.25) is 10.0 Å². The van der Waals surface area contributed by atoms with Crippen molar-refractivity contribution in [3.05, 3.63) is 33.8 Å². The van der Waals surface area contributed by atoms with Crippen LogP contribution in [0.5, 0.6) is 0 Å². The van der Waals surface area contributed by atoms with Crippen LogP contribution < -0.4 is 5.73 Å². The molecule has 1 fully saturated rings. The Morgan fingerprint density at radius 2 is 1.87 bits per heavy atom. The summed E-state index contributed by atoms with van der Waals surface area (Å²) >= 11 is 12.3. The highest BCUT2D eigenvalue weighted by atomic mass is 35.5. The smallest absolute Gasteiger partial charge is 0.0630 e. The summed E-state index contributed by atoms with van der Waals surface area (Å²) in [6.45, 7) is 4.11. The zero-order valence-electron chi connectivity index (χ0n) is 8.98. The molecule has 2 N–H and O–H groups in total. The molecule has 0 atom stereocenters. The molecular weight excluding hydrogens is 229 g/mol. The van der Waals surface area contributed by atoms with Gasteiger partial charge in [-0.25, -0.2) is 0 Å². The van der Waals surface area contributed by atoms with Gasteiger partial charge in [0.2, 0.25) is 0 Å². The molecule has 1 nitrogen and oxygen atoms in total. The first-order valence-electron chi connectivity index (χ1n) is 5.12. The second kappa shape index (κ2) is 3.38. The highest BCUT2D eigenvalue weighted by Crippen LogP contribution is 2.57. The molecule has 3 heteroatoms. The third-order valence-corrected chi connectivity index (χ3v) is 4.27. The van der Waals surface area contributed by atoms with E-state index in [4.69, 9.17) is 28.9 Å². The molecule has 15 heavy (non-hydrogen) atoms. The Hall–Kier alpha value is -0.240. The van der Waals surface area contributed by atoms with Gasteiger partial charge in [0.25, 0.3) is 0 Å². The molecule has 0 spiro atoms. The first kappa shape index (κ1) is 11.3. The zero-order valence-corrected chi connectivity index (χ0v) is 10.5. The van der Waals surface area contributed by atoms with Crippen LogP contribution in [-0.4, -0.2) is 5.54 Å². The third-order valence-electron chi connectivity index (χ3n) is 3.45. The van der Waals surface area contributed by atoms with Crippen molar-refractivity contribution in [1.82, 2.24) is 0 Å². The molecule has 1 saturated carbocycles. The summed E-state index contributed by atoms with van der Waals surface area (Å²) in [5.41, 5.74) is 7.10. The lowest BCUT2D eigenvalue weighted by Crippen LogP contribution is -2.45. The Balaban J connectivity index is 2.51. The van der Waals surface area contributed by atoms with Crippen molar-refractivity contribution in [1.29, 1.82) is 0 Å². The van der Waals surface area contributed by atoms with Crippen LogP contribution in [0.4, 0.5) is 0 Å². The fourth-order valence-corrected chi connectivity index (χ4v) is 2.74. The van der Waals surface area contributed by atoms with E-state index >= 15 is 0 Å². The van der Waals surface area contributed by atoms with Crippen LogP contribution in [0, 0.1) is 0 Å². The summed E-state index contributed by atoms with van der Waals surface area (Å²) < 4.78 is 0. The largest absolute Gasteiger partial charge is 0.325 e. The second-order valence-corrected chi connectivity index (χ2v) is 5.69.